The van der Waals surface area contributed by atoms with E-state index in [-0.39, 0.29) is 0 Å². The van der Waals surface area contributed by atoms with E-state index in [1.54, 1.807) is 0 Å². The number of benzene rings is 5. The van der Waals surface area contributed by atoms with Gasteiger partial charge in [0.1, 0.15) is 5.60 Å². The molecule has 1 N–H and O–H groups in total. The minimum absolute atomic E-state index is 0.651. The van der Waals surface area contributed by atoms with Crippen LogP contribution in [0.4, 0.5) is 0 Å². The van der Waals surface area contributed by atoms with Crippen molar-refractivity contribution in [3.63, 3.8) is 0 Å². The number of ether oxygens (including phenoxy) is 2. The SMILES string of the molecule is OC1(c2ccccc2-c2ccc3c(c2)Oc2ccccc2O3)c2ccccc2-c2c(Br)cccc21. The van der Waals surface area contributed by atoms with Crippen LogP contribution in [0.25, 0.3) is 22.3 Å². The lowest BCUT2D eigenvalue weighted by atomic mass is 9.80. The number of hydrogen-bond donors (Lipinski definition) is 1. The molecule has 0 fully saturated rings. The van der Waals surface area contributed by atoms with E-state index < -0.39 is 5.60 Å². The summed E-state index contributed by atoms with van der Waals surface area (Å²) in [5.41, 5.74) is 5.20. The van der Waals surface area contributed by atoms with E-state index >= 15 is 0 Å². The molecule has 3 nitrogen and oxygen atoms in total. The van der Waals surface area contributed by atoms with Crippen molar-refractivity contribution < 1.29 is 14.6 Å². The predicted molar refractivity (Wildman–Crippen MR) is 140 cm³/mol. The second-order valence-electron chi connectivity index (χ2n) is 8.78. The first-order valence-electron chi connectivity index (χ1n) is 11.4. The molecule has 7 rings (SSSR count). The van der Waals surface area contributed by atoms with Crippen LogP contribution in [0, 0.1) is 0 Å². The highest BCUT2D eigenvalue weighted by molar-refractivity contribution is 9.10. The molecule has 1 aliphatic carbocycles. The lowest BCUT2D eigenvalue weighted by Crippen LogP contribution is -2.27. The summed E-state index contributed by atoms with van der Waals surface area (Å²) in [5.74, 6) is 2.71. The van der Waals surface area contributed by atoms with Gasteiger partial charge in [-0.1, -0.05) is 94.8 Å². The molecule has 0 saturated heterocycles. The second-order valence-corrected chi connectivity index (χ2v) is 9.63. The summed E-state index contributed by atoms with van der Waals surface area (Å²) in [7, 11) is 0. The second kappa shape index (κ2) is 7.57. The van der Waals surface area contributed by atoms with Gasteiger partial charge in [-0.05, 0) is 47.0 Å². The van der Waals surface area contributed by atoms with Gasteiger partial charge in [0.05, 0.1) is 0 Å². The van der Waals surface area contributed by atoms with Crippen molar-refractivity contribution in [3.8, 4) is 45.3 Å². The number of fused-ring (bicyclic) bond motifs is 5. The van der Waals surface area contributed by atoms with E-state index in [1.807, 2.05) is 103 Å². The van der Waals surface area contributed by atoms with Crippen molar-refractivity contribution in [2.75, 3.05) is 0 Å². The number of hydrogen-bond acceptors (Lipinski definition) is 3. The molecule has 1 aliphatic heterocycles. The fourth-order valence-electron chi connectivity index (χ4n) is 5.30. The highest BCUT2D eigenvalue weighted by Crippen LogP contribution is 2.55. The van der Waals surface area contributed by atoms with Crippen LogP contribution in [0.3, 0.4) is 0 Å². The van der Waals surface area contributed by atoms with Crippen LogP contribution in [0.15, 0.2) is 114 Å². The zero-order valence-electron chi connectivity index (χ0n) is 18.5. The van der Waals surface area contributed by atoms with Crippen molar-refractivity contribution >= 4 is 15.9 Å². The Labute approximate surface area is 211 Å². The van der Waals surface area contributed by atoms with Crippen LogP contribution in [-0.2, 0) is 5.60 Å². The Bertz CT molecular complexity index is 1640. The Morgan fingerprint density at radius 1 is 0.543 bits per heavy atom. The van der Waals surface area contributed by atoms with Gasteiger partial charge < -0.3 is 14.6 Å². The quantitative estimate of drug-likeness (QED) is 0.250. The number of rotatable bonds is 2. The third-order valence-electron chi connectivity index (χ3n) is 6.85. The normalized spacial score (nSPS) is 16.9. The van der Waals surface area contributed by atoms with E-state index in [4.69, 9.17) is 9.47 Å². The van der Waals surface area contributed by atoms with Gasteiger partial charge in [0, 0.05) is 26.7 Å². The summed E-state index contributed by atoms with van der Waals surface area (Å²) in [5, 5.41) is 12.5. The molecule has 5 aromatic carbocycles. The van der Waals surface area contributed by atoms with Crippen molar-refractivity contribution in [2.24, 2.45) is 0 Å². The van der Waals surface area contributed by atoms with E-state index in [0.29, 0.717) is 23.0 Å². The minimum Gasteiger partial charge on any atom is -0.450 e. The molecule has 1 atom stereocenters. The van der Waals surface area contributed by atoms with Crippen molar-refractivity contribution in [1.29, 1.82) is 0 Å². The fraction of sp³-hybridized carbons (Fsp3) is 0.0323. The van der Waals surface area contributed by atoms with Gasteiger partial charge in [0.15, 0.2) is 23.0 Å². The van der Waals surface area contributed by atoms with Gasteiger partial charge in [0.25, 0.3) is 0 Å². The van der Waals surface area contributed by atoms with Gasteiger partial charge in [-0.2, -0.15) is 0 Å². The van der Waals surface area contributed by atoms with E-state index in [0.717, 1.165) is 43.4 Å². The Balaban J connectivity index is 1.42. The van der Waals surface area contributed by atoms with E-state index in [9.17, 15) is 5.11 Å². The molecule has 0 spiro atoms. The van der Waals surface area contributed by atoms with Crippen LogP contribution in [-0.4, -0.2) is 5.11 Å². The number of aliphatic hydroxyl groups is 1. The predicted octanol–water partition coefficient (Wildman–Crippen LogP) is 8.28. The molecule has 4 heteroatoms. The Hall–Kier alpha value is -3.86. The minimum atomic E-state index is -1.30. The van der Waals surface area contributed by atoms with Crippen molar-refractivity contribution in [3.05, 3.63) is 130 Å². The number of halogens is 1. The third kappa shape index (κ3) is 2.94. The molecule has 0 saturated carbocycles. The summed E-state index contributed by atoms with van der Waals surface area (Å²) in [6.45, 7) is 0. The molecule has 0 bridgehead atoms. The van der Waals surface area contributed by atoms with Crippen LogP contribution in [0.1, 0.15) is 16.7 Å². The Morgan fingerprint density at radius 2 is 1.11 bits per heavy atom. The molecule has 0 aromatic heterocycles. The molecule has 1 unspecified atom stereocenters. The van der Waals surface area contributed by atoms with Gasteiger partial charge in [-0.3, -0.25) is 0 Å². The average Bonchev–Trinajstić information content (AvgIpc) is 3.17. The highest BCUT2D eigenvalue weighted by Gasteiger charge is 2.45. The average molecular weight is 519 g/mol. The summed E-state index contributed by atoms with van der Waals surface area (Å²) in [4.78, 5) is 0. The van der Waals surface area contributed by atoms with Crippen LogP contribution in [0.2, 0.25) is 0 Å². The van der Waals surface area contributed by atoms with Gasteiger partial charge in [-0.25, -0.2) is 0 Å². The monoisotopic (exact) mass is 518 g/mol. The Morgan fingerprint density at radius 3 is 1.89 bits per heavy atom. The number of para-hydroxylation sites is 2. The maximum absolute atomic E-state index is 12.5. The third-order valence-corrected chi connectivity index (χ3v) is 7.51. The molecule has 5 aromatic rings. The van der Waals surface area contributed by atoms with E-state index in [2.05, 4.69) is 22.0 Å². The van der Waals surface area contributed by atoms with Gasteiger partial charge in [0.2, 0.25) is 0 Å². The lowest BCUT2D eigenvalue weighted by Gasteiger charge is -2.29. The smallest absolute Gasteiger partial charge is 0.170 e. The zero-order valence-corrected chi connectivity index (χ0v) is 20.1. The Kier molecular flexibility index (Phi) is 4.44. The van der Waals surface area contributed by atoms with Gasteiger partial charge in [-0.15, -0.1) is 0 Å². The molecule has 0 amide bonds. The highest BCUT2D eigenvalue weighted by atomic mass is 79.9. The zero-order chi connectivity index (χ0) is 23.6. The molecule has 35 heavy (non-hydrogen) atoms. The first-order valence-corrected chi connectivity index (χ1v) is 12.2. The molecule has 1 heterocycles. The maximum atomic E-state index is 12.5. The molecular formula is C31H19BrO3. The summed E-state index contributed by atoms with van der Waals surface area (Å²) < 4.78 is 13.2. The first-order chi connectivity index (χ1) is 17.1. The molecule has 2 aliphatic rings. The standard InChI is InChI=1S/C31H19BrO3/c32-25-13-7-12-24-30(25)21-9-2-4-11-23(21)31(24,33)22-10-3-1-8-20(22)19-16-17-28-29(18-19)35-27-15-6-5-14-26(27)34-28/h1-18,33H. The van der Waals surface area contributed by atoms with Crippen molar-refractivity contribution in [1.82, 2.24) is 0 Å². The largest absolute Gasteiger partial charge is 0.450 e. The molecular weight excluding hydrogens is 500 g/mol. The van der Waals surface area contributed by atoms with Gasteiger partial charge >= 0.3 is 0 Å². The topological polar surface area (TPSA) is 38.7 Å². The lowest BCUT2D eigenvalue weighted by molar-refractivity contribution is 0.131. The summed E-state index contributed by atoms with van der Waals surface area (Å²) >= 11 is 3.72. The summed E-state index contributed by atoms with van der Waals surface area (Å²) in [6, 6.07) is 35.7. The summed E-state index contributed by atoms with van der Waals surface area (Å²) in [6.07, 6.45) is 0. The van der Waals surface area contributed by atoms with Crippen molar-refractivity contribution in [2.45, 2.75) is 5.60 Å². The maximum Gasteiger partial charge on any atom is 0.170 e. The van der Waals surface area contributed by atoms with Crippen LogP contribution in [0.5, 0.6) is 23.0 Å². The van der Waals surface area contributed by atoms with Crippen LogP contribution >= 0.6 is 15.9 Å². The molecule has 168 valence electrons. The fourth-order valence-corrected chi connectivity index (χ4v) is 5.88. The van der Waals surface area contributed by atoms with E-state index in [1.165, 1.54) is 0 Å². The van der Waals surface area contributed by atoms with Crippen LogP contribution < -0.4 is 9.47 Å². The molecule has 0 radical (unpaired) electrons. The first kappa shape index (κ1) is 20.5.